The summed E-state index contributed by atoms with van der Waals surface area (Å²) in [6, 6.07) is 5.22. The molecule has 1 aromatic carbocycles. The van der Waals surface area contributed by atoms with Gasteiger partial charge in [0.2, 0.25) is 0 Å². The molecule has 0 aliphatic heterocycles. The van der Waals surface area contributed by atoms with Gasteiger partial charge < -0.3 is 5.73 Å². The molecule has 108 valence electrons. The van der Waals surface area contributed by atoms with Crippen molar-refractivity contribution in [3.63, 3.8) is 0 Å². The van der Waals surface area contributed by atoms with Crippen molar-refractivity contribution in [3.05, 3.63) is 40.4 Å². The van der Waals surface area contributed by atoms with Gasteiger partial charge in [0.1, 0.15) is 5.01 Å². The SMILES string of the molecule is CC(C)c1nc(-c2cccc(C(F)(F)F)c2)sc1CN. The highest BCUT2D eigenvalue weighted by atomic mass is 32.1. The highest BCUT2D eigenvalue weighted by Gasteiger charge is 2.30. The van der Waals surface area contributed by atoms with Crippen LogP contribution in [0.4, 0.5) is 13.2 Å². The van der Waals surface area contributed by atoms with Crippen molar-refractivity contribution in [2.45, 2.75) is 32.5 Å². The molecule has 0 fully saturated rings. The summed E-state index contributed by atoms with van der Waals surface area (Å²) in [6.07, 6.45) is -4.34. The van der Waals surface area contributed by atoms with E-state index in [9.17, 15) is 13.2 Å². The average Bonchev–Trinajstić information content (AvgIpc) is 2.82. The number of aromatic nitrogens is 1. The smallest absolute Gasteiger partial charge is 0.326 e. The molecule has 0 bridgehead atoms. The van der Waals surface area contributed by atoms with Crippen LogP contribution < -0.4 is 5.73 Å². The van der Waals surface area contributed by atoms with E-state index in [1.165, 1.54) is 17.4 Å². The van der Waals surface area contributed by atoms with Crippen LogP contribution in [-0.2, 0) is 12.7 Å². The topological polar surface area (TPSA) is 38.9 Å². The standard InChI is InChI=1S/C14H15F3N2S/c1-8(2)12-11(7-18)20-13(19-12)9-4-3-5-10(6-9)14(15,16)17/h3-6,8H,7,18H2,1-2H3. The van der Waals surface area contributed by atoms with Gasteiger partial charge in [0.25, 0.3) is 0 Å². The lowest BCUT2D eigenvalue weighted by Crippen LogP contribution is -2.04. The van der Waals surface area contributed by atoms with Crippen molar-refractivity contribution in [3.8, 4) is 10.6 Å². The minimum Gasteiger partial charge on any atom is -0.326 e. The molecule has 2 nitrogen and oxygen atoms in total. The Morgan fingerprint density at radius 2 is 2.00 bits per heavy atom. The van der Waals surface area contributed by atoms with Crippen molar-refractivity contribution < 1.29 is 13.2 Å². The summed E-state index contributed by atoms with van der Waals surface area (Å²) >= 11 is 1.36. The van der Waals surface area contributed by atoms with Gasteiger partial charge in [-0.05, 0) is 18.1 Å². The van der Waals surface area contributed by atoms with Gasteiger partial charge in [-0.25, -0.2) is 4.98 Å². The molecule has 20 heavy (non-hydrogen) atoms. The molecule has 0 unspecified atom stereocenters. The molecule has 1 heterocycles. The Bertz CT molecular complexity index is 603. The second kappa shape index (κ2) is 5.54. The molecule has 0 aliphatic rings. The summed E-state index contributed by atoms with van der Waals surface area (Å²) in [4.78, 5) is 5.37. The van der Waals surface area contributed by atoms with Gasteiger partial charge >= 0.3 is 6.18 Å². The highest BCUT2D eigenvalue weighted by molar-refractivity contribution is 7.15. The molecule has 6 heteroatoms. The lowest BCUT2D eigenvalue weighted by atomic mass is 10.1. The second-order valence-electron chi connectivity index (χ2n) is 4.76. The predicted molar refractivity (Wildman–Crippen MR) is 74.5 cm³/mol. The van der Waals surface area contributed by atoms with Crippen molar-refractivity contribution in [2.24, 2.45) is 5.73 Å². The van der Waals surface area contributed by atoms with Crippen LogP contribution in [-0.4, -0.2) is 4.98 Å². The van der Waals surface area contributed by atoms with E-state index in [2.05, 4.69) is 4.98 Å². The largest absolute Gasteiger partial charge is 0.416 e. The van der Waals surface area contributed by atoms with Gasteiger partial charge in [0.15, 0.2) is 0 Å². The monoisotopic (exact) mass is 300 g/mol. The molecule has 0 atom stereocenters. The first-order chi connectivity index (χ1) is 9.32. The number of hydrogen-bond donors (Lipinski definition) is 1. The zero-order valence-electron chi connectivity index (χ0n) is 11.2. The molecule has 2 rings (SSSR count). The summed E-state index contributed by atoms with van der Waals surface area (Å²) in [5, 5.41) is 0.584. The zero-order chi connectivity index (χ0) is 14.9. The van der Waals surface area contributed by atoms with Crippen LogP contribution in [0.3, 0.4) is 0 Å². The van der Waals surface area contributed by atoms with Crippen LogP contribution in [0.15, 0.2) is 24.3 Å². The van der Waals surface area contributed by atoms with E-state index in [1.54, 1.807) is 6.07 Å². The van der Waals surface area contributed by atoms with Crippen LogP contribution in [0, 0.1) is 0 Å². The number of thiazole rings is 1. The molecular formula is C14H15F3N2S. The minimum atomic E-state index is -4.34. The highest BCUT2D eigenvalue weighted by Crippen LogP contribution is 2.35. The van der Waals surface area contributed by atoms with Crippen LogP contribution in [0.2, 0.25) is 0 Å². The van der Waals surface area contributed by atoms with Crippen molar-refractivity contribution in [2.75, 3.05) is 0 Å². The first kappa shape index (κ1) is 15.0. The quantitative estimate of drug-likeness (QED) is 0.912. The Labute approximate surface area is 119 Å². The van der Waals surface area contributed by atoms with E-state index in [1.807, 2.05) is 13.8 Å². The predicted octanol–water partition coefficient (Wildman–Crippen LogP) is 4.41. The molecule has 0 saturated heterocycles. The average molecular weight is 300 g/mol. The van der Waals surface area contributed by atoms with Gasteiger partial charge in [-0.15, -0.1) is 11.3 Å². The van der Waals surface area contributed by atoms with Gasteiger partial charge in [0.05, 0.1) is 11.3 Å². The van der Waals surface area contributed by atoms with Crippen LogP contribution in [0.25, 0.3) is 10.6 Å². The fourth-order valence-corrected chi connectivity index (χ4v) is 3.00. The molecule has 0 saturated carbocycles. The van der Waals surface area contributed by atoms with E-state index in [0.29, 0.717) is 17.1 Å². The van der Waals surface area contributed by atoms with Crippen molar-refractivity contribution in [1.29, 1.82) is 0 Å². The summed E-state index contributed by atoms with van der Waals surface area (Å²) in [5.41, 5.74) is 6.35. The molecule has 2 N–H and O–H groups in total. The summed E-state index contributed by atoms with van der Waals surface area (Å²) in [5.74, 6) is 0.198. The maximum absolute atomic E-state index is 12.7. The molecule has 0 spiro atoms. The van der Waals surface area contributed by atoms with Crippen molar-refractivity contribution >= 4 is 11.3 Å². The minimum absolute atomic E-state index is 0.198. The Kier molecular flexibility index (Phi) is 4.15. The van der Waals surface area contributed by atoms with Gasteiger partial charge in [-0.1, -0.05) is 26.0 Å². The van der Waals surface area contributed by atoms with Crippen LogP contribution in [0.1, 0.15) is 35.9 Å². The molecule has 2 aromatic rings. The van der Waals surface area contributed by atoms with E-state index < -0.39 is 11.7 Å². The van der Waals surface area contributed by atoms with E-state index in [0.717, 1.165) is 22.7 Å². The molecular weight excluding hydrogens is 285 g/mol. The van der Waals surface area contributed by atoms with Crippen LogP contribution >= 0.6 is 11.3 Å². The lowest BCUT2D eigenvalue weighted by Gasteiger charge is -2.07. The lowest BCUT2D eigenvalue weighted by molar-refractivity contribution is -0.137. The number of nitrogens with two attached hydrogens (primary N) is 1. The molecule has 0 aliphatic carbocycles. The zero-order valence-corrected chi connectivity index (χ0v) is 12.0. The maximum Gasteiger partial charge on any atom is 0.416 e. The normalized spacial score (nSPS) is 12.2. The number of halogens is 3. The number of hydrogen-bond acceptors (Lipinski definition) is 3. The van der Waals surface area contributed by atoms with Gasteiger partial charge in [0, 0.05) is 17.0 Å². The Balaban J connectivity index is 2.47. The first-order valence-electron chi connectivity index (χ1n) is 6.20. The molecule has 1 aromatic heterocycles. The molecule has 0 radical (unpaired) electrons. The fourth-order valence-electron chi connectivity index (χ4n) is 1.91. The summed E-state index contributed by atoms with van der Waals surface area (Å²) < 4.78 is 38.2. The fraction of sp³-hybridized carbons (Fsp3) is 0.357. The van der Waals surface area contributed by atoms with Crippen molar-refractivity contribution in [1.82, 2.24) is 4.98 Å². The summed E-state index contributed by atoms with van der Waals surface area (Å²) in [6.45, 7) is 4.33. The van der Waals surface area contributed by atoms with E-state index in [-0.39, 0.29) is 5.92 Å². The first-order valence-corrected chi connectivity index (χ1v) is 7.02. The number of rotatable bonds is 3. The third-order valence-electron chi connectivity index (χ3n) is 2.90. The summed E-state index contributed by atoms with van der Waals surface area (Å²) in [7, 11) is 0. The number of nitrogens with zero attached hydrogens (tertiary/aromatic N) is 1. The van der Waals surface area contributed by atoms with Gasteiger partial charge in [-0.3, -0.25) is 0 Å². The third-order valence-corrected chi connectivity index (χ3v) is 4.04. The molecule has 0 amide bonds. The second-order valence-corrected chi connectivity index (χ2v) is 5.85. The Hall–Kier alpha value is -1.40. The Morgan fingerprint density at radius 3 is 2.50 bits per heavy atom. The van der Waals surface area contributed by atoms with E-state index >= 15 is 0 Å². The van der Waals surface area contributed by atoms with Gasteiger partial charge in [-0.2, -0.15) is 13.2 Å². The number of benzene rings is 1. The third kappa shape index (κ3) is 3.02. The van der Waals surface area contributed by atoms with E-state index in [4.69, 9.17) is 5.73 Å². The number of alkyl halides is 3. The van der Waals surface area contributed by atoms with Crippen LogP contribution in [0.5, 0.6) is 0 Å². The maximum atomic E-state index is 12.7. The Morgan fingerprint density at radius 1 is 1.30 bits per heavy atom.